The Bertz CT molecular complexity index is 492. The van der Waals surface area contributed by atoms with Crippen LogP contribution in [-0.2, 0) is 6.42 Å². The van der Waals surface area contributed by atoms with Gasteiger partial charge < -0.3 is 9.63 Å². The van der Waals surface area contributed by atoms with Gasteiger partial charge in [-0.25, -0.2) is 0 Å². The number of hydrogen-bond donors (Lipinski definition) is 1. The van der Waals surface area contributed by atoms with Gasteiger partial charge >= 0.3 is 0 Å². The first kappa shape index (κ1) is 11.8. The summed E-state index contributed by atoms with van der Waals surface area (Å²) in [5.41, 5.74) is 2.12. The van der Waals surface area contributed by atoms with Crippen LogP contribution in [0.1, 0.15) is 24.8 Å². The van der Waals surface area contributed by atoms with Crippen LogP contribution in [0.25, 0.3) is 11.4 Å². The van der Waals surface area contributed by atoms with E-state index in [1.165, 1.54) is 0 Å². The predicted molar refractivity (Wildman–Crippen MR) is 64.5 cm³/mol. The van der Waals surface area contributed by atoms with Crippen molar-refractivity contribution in [1.82, 2.24) is 10.1 Å². The summed E-state index contributed by atoms with van der Waals surface area (Å²) in [6.45, 7) is 3.77. The molecule has 0 saturated heterocycles. The Hall–Kier alpha value is -1.68. The van der Waals surface area contributed by atoms with Crippen LogP contribution in [-0.4, -0.2) is 21.4 Å². The van der Waals surface area contributed by atoms with Crippen molar-refractivity contribution in [2.45, 2.75) is 32.8 Å². The molecule has 1 heterocycles. The number of hydrogen-bond acceptors (Lipinski definition) is 4. The molecular formula is C13H16N2O2. The fourth-order valence-electron chi connectivity index (χ4n) is 1.59. The molecule has 0 aliphatic rings. The molecule has 1 aromatic carbocycles. The van der Waals surface area contributed by atoms with E-state index < -0.39 is 0 Å². The molecule has 0 radical (unpaired) electrons. The highest BCUT2D eigenvalue weighted by Gasteiger charge is 2.09. The quantitative estimate of drug-likeness (QED) is 0.879. The van der Waals surface area contributed by atoms with E-state index in [0.29, 0.717) is 24.6 Å². The fraction of sp³-hybridized carbons (Fsp3) is 0.385. The Balaban J connectivity index is 2.12. The van der Waals surface area contributed by atoms with Crippen LogP contribution in [0.15, 0.2) is 28.8 Å². The van der Waals surface area contributed by atoms with Gasteiger partial charge in [0.05, 0.1) is 6.10 Å². The summed E-state index contributed by atoms with van der Waals surface area (Å²) >= 11 is 0. The van der Waals surface area contributed by atoms with Gasteiger partial charge in [-0.15, -0.1) is 0 Å². The second-order valence-electron chi connectivity index (χ2n) is 4.27. The number of aliphatic hydroxyl groups is 1. The van der Waals surface area contributed by atoms with E-state index in [1.807, 2.05) is 31.2 Å². The Morgan fingerprint density at radius 1 is 1.41 bits per heavy atom. The number of aryl methyl sites for hydroxylation is 2. The van der Waals surface area contributed by atoms with E-state index in [9.17, 15) is 5.11 Å². The smallest absolute Gasteiger partial charge is 0.227 e. The van der Waals surface area contributed by atoms with E-state index in [4.69, 9.17) is 4.52 Å². The number of benzene rings is 1. The van der Waals surface area contributed by atoms with E-state index in [2.05, 4.69) is 10.1 Å². The van der Waals surface area contributed by atoms with E-state index >= 15 is 0 Å². The number of rotatable bonds is 4. The van der Waals surface area contributed by atoms with E-state index in [1.54, 1.807) is 6.92 Å². The second kappa shape index (κ2) is 5.10. The summed E-state index contributed by atoms with van der Waals surface area (Å²) in [7, 11) is 0. The maximum absolute atomic E-state index is 9.18. The lowest BCUT2D eigenvalue weighted by Crippen LogP contribution is -2.01. The lowest BCUT2D eigenvalue weighted by atomic mass is 10.1. The first-order valence-corrected chi connectivity index (χ1v) is 5.73. The van der Waals surface area contributed by atoms with Gasteiger partial charge in [-0.3, -0.25) is 0 Å². The minimum absolute atomic E-state index is 0.343. The zero-order valence-electron chi connectivity index (χ0n) is 10.1. The van der Waals surface area contributed by atoms with Gasteiger partial charge in [-0.2, -0.15) is 4.98 Å². The van der Waals surface area contributed by atoms with Crippen LogP contribution in [0, 0.1) is 6.92 Å². The van der Waals surface area contributed by atoms with Crippen LogP contribution in [0.4, 0.5) is 0 Å². The lowest BCUT2D eigenvalue weighted by Gasteiger charge is -1.98. The van der Waals surface area contributed by atoms with Crippen molar-refractivity contribution in [2.75, 3.05) is 0 Å². The first-order chi connectivity index (χ1) is 8.15. The monoisotopic (exact) mass is 232 g/mol. The van der Waals surface area contributed by atoms with Crippen molar-refractivity contribution in [3.05, 3.63) is 35.7 Å². The molecule has 1 atom stereocenters. The minimum atomic E-state index is -0.343. The summed E-state index contributed by atoms with van der Waals surface area (Å²) in [4.78, 5) is 4.30. The molecular weight excluding hydrogens is 216 g/mol. The van der Waals surface area contributed by atoms with E-state index in [-0.39, 0.29) is 6.10 Å². The molecule has 0 aliphatic heterocycles. The molecule has 17 heavy (non-hydrogen) atoms. The average molecular weight is 232 g/mol. The molecule has 0 spiro atoms. The van der Waals surface area contributed by atoms with Gasteiger partial charge in [-0.1, -0.05) is 28.9 Å². The molecule has 0 amide bonds. The predicted octanol–water partition coefficient (Wildman–Crippen LogP) is 2.36. The van der Waals surface area contributed by atoms with Crippen LogP contribution in [0.2, 0.25) is 0 Å². The SMILES string of the molecule is Cc1cccc(-c2noc(CCC(C)O)n2)c1. The third-order valence-electron chi connectivity index (χ3n) is 2.52. The molecule has 2 rings (SSSR count). The Labute approximate surface area is 100 Å². The van der Waals surface area contributed by atoms with Crippen molar-refractivity contribution in [2.24, 2.45) is 0 Å². The maximum atomic E-state index is 9.18. The third kappa shape index (κ3) is 3.14. The molecule has 4 heteroatoms. The summed E-state index contributed by atoms with van der Waals surface area (Å²) < 4.78 is 5.14. The second-order valence-corrected chi connectivity index (χ2v) is 4.27. The van der Waals surface area contributed by atoms with Crippen molar-refractivity contribution in [1.29, 1.82) is 0 Å². The van der Waals surface area contributed by atoms with Crippen LogP contribution < -0.4 is 0 Å². The summed E-state index contributed by atoms with van der Waals surface area (Å²) in [6.07, 6.45) is 0.899. The minimum Gasteiger partial charge on any atom is -0.393 e. The molecule has 0 fully saturated rings. The van der Waals surface area contributed by atoms with Gasteiger partial charge in [0, 0.05) is 12.0 Å². The molecule has 1 N–H and O–H groups in total. The fourth-order valence-corrected chi connectivity index (χ4v) is 1.59. The number of nitrogens with zero attached hydrogens (tertiary/aromatic N) is 2. The summed E-state index contributed by atoms with van der Waals surface area (Å²) in [6, 6.07) is 7.97. The molecule has 0 aliphatic carbocycles. The first-order valence-electron chi connectivity index (χ1n) is 5.73. The Morgan fingerprint density at radius 3 is 2.94 bits per heavy atom. The summed E-state index contributed by atoms with van der Waals surface area (Å²) in [5.74, 6) is 1.18. The number of aromatic nitrogens is 2. The van der Waals surface area contributed by atoms with Crippen molar-refractivity contribution >= 4 is 0 Å². The summed E-state index contributed by atoms with van der Waals surface area (Å²) in [5, 5.41) is 13.1. The standard InChI is InChI=1S/C13H16N2O2/c1-9-4-3-5-11(8-9)13-14-12(17-15-13)7-6-10(2)16/h3-5,8,10,16H,6-7H2,1-2H3. The highest BCUT2D eigenvalue weighted by atomic mass is 16.5. The normalized spacial score (nSPS) is 12.6. The van der Waals surface area contributed by atoms with Gasteiger partial charge in [0.2, 0.25) is 11.7 Å². The zero-order chi connectivity index (χ0) is 12.3. The Kier molecular flexibility index (Phi) is 3.54. The highest BCUT2D eigenvalue weighted by molar-refractivity contribution is 5.55. The molecule has 2 aromatic rings. The lowest BCUT2D eigenvalue weighted by molar-refractivity contribution is 0.180. The van der Waals surface area contributed by atoms with Crippen LogP contribution in [0.3, 0.4) is 0 Å². The average Bonchev–Trinajstić information content (AvgIpc) is 2.75. The molecule has 0 saturated carbocycles. The maximum Gasteiger partial charge on any atom is 0.227 e. The largest absolute Gasteiger partial charge is 0.393 e. The molecule has 0 bridgehead atoms. The van der Waals surface area contributed by atoms with Gasteiger partial charge in [-0.05, 0) is 26.3 Å². The van der Waals surface area contributed by atoms with Crippen LogP contribution >= 0.6 is 0 Å². The highest BCUT2D eigenvalue weighted by Crippen LogP contribution is 2.17. The molecule has 1 aromatic heterocycles. The third-order valence-corrected chi connectivity index (χ3v) is 2.52. The zero-order valence-corrected chi connectivity index (χ0v) is 10.1. The number of aliphatic hydroxyl groups excluding tert-OH is 1. The van der Waals surface area contributed by atoms with Crippen LogP contribution in [0.5, 0.6) is 0 Å². The van der Waals surface area contributed by atoms with Gasteiger partial charge in [0.25, 0.3) is 0 Å². The van der Waals surface area contributed by atoms with Crippen molar-refractivity contribution in [3.63, 3.8) is 0 Å². The van der Waals surface area contributed by atoms with E-state index in [0.717, 1.165) is 11.1 Å². The Morgan fingerprint density at radius 2 is 2.24 bits per heavy atom. The van der Waals surface area contributed by atoms with Crippen molar-refractivity contribution < 1.29 is 9.63 Å². The van der Waals surface area contributed by atoms with Gasteiger partial charge in [0.15, 0.2) is 0 Å². The molecule has 4 nitrogen and oxygen atoms in total. The van der Waals surface area contributed by atoms with Crippen molar-refractivity contribution in [3.8, 4) is 11.4 Å². The molecule has 1 unspecified atom stereocenters. The van der Waals surface area contributed by atoms with Gasteiger partial charge in [0.1, 0.15) is 0 Å². The molecule has 90 valence electrons. The topological polar surface area (TPSA) is 59.2 Å².